The van der Waals surface area contributed by atoms with Gasteiger partial charge in [0.2, 0.25) is 0 Å². The molecule has 2 rings (SSSR count). The highest BCUT2D eigenvalue weighted by Crippen LogP contribution is 2.27. The van der Waals surface area contributed by atoms with E-state index >= 15 is 0 Å². The molecule has 0 bridgehead atoms. The molecule has 0 amide bonds. The van der Waals surface area contributed by atoms with Gasteiger partial charge < -0.3 is 10.0 Å². The Bertz CT molecular complexity index is 382. The van der Waals surface area contributed by atoms with Gasteiger partial charge in [0, 0.05) is 13.0 Å². The summed E-state index contributed by atoms with van der Waals surface area (Å²) in [5.74, 6) is 0. The number of aryl methyl sites for hydroxylation is 2. The molecule has 1 unspecified atom stereocenters. The van der Waals surface area contributed by atoms with E-state index < -0.39 is 5.60 Å². The van der Waals surface area contributed by atoms with E-state index in [9.17, 15) is 5.11 Å². The highest BCUT2D eigenvalue weighted by molar-refractivity contribution is 5.34. The maximum atomic E-state index is 10.7. The van der Waals surface area contributed by atoms with Crippen molar-refractivity contribution >= 4 is 0 Å². The average molecular weight is 233 g/mol. The lowest BCUT2D eigenvalue weighted by atomic mass is 9.84. The number of nitrogens with zero attached hydrogens (tertiary/aromatic N) is 1. The Morgan fingerprint density at radius 1 is 1.29 bits per heavy atom. The summed E-state index contributed by atoms with van der Waals surface area (Å²) in [5.41, 5.74) is 3.38. The van der Waals surface area contributed by atoms with E-state index in [4.69, 9.17) is 0 Å². The Balaban J connectivity index is 2.19. The van der Waals surface area contributed by atoms with Crippen molar-refractivity contribution in [3.8, 4) is 0 Å². The first-order chi connectivity index (χ1) is 8.00. The fraction of sp³-hybridized carbons (Fsp3) is 0.600. The first kappa shape index (κ1) is 12.6. The topological polar surface area (TPSA) is 23.5 Å². The third-order valence-electron chi connectivity index (χ3n) is 3.90. The Kier molecular flexibility index (Phi) is 3.55. The summed E-state index contributed by atoms with van der Waals surface area (Å²) in [6, 6.07) is 6.36. The van der Waals surface area contributed by atoms with Gasteiger partial charge in [-0.25, -0.2) is 0 Å². The second-order valence-electron chi connectivity index (χ2n) is 5.61. The quantitative estimate of drug-likeness (QED) is 0.847. The van der Waals surface area contributed by atoms with Crippen LogP contribution in [0.4, 0.5) is 0 Å². The van der Waals surface area contributed by atoms with Crippen molar-refractivity contribution in [3.05, 3.63) is 34.9 Å². The molecule has 1 aliphatic rings. The molecule has 0 aromatic heterocycles. The van der Waals surface area contributed by atoms with Crippen molar-refractivity contribution in [2.75, 3.05) is 20.1 Å². The number of likely N-dealkylation sites (N-methyl/N-ethyl adjacent to an activating group) is 1. The molecule has 0 spiro atoms. The van der Waals surface area contributed by atoms with Crippen LogP contribution in [0.1, 0.15) is 29.5 Å². The molecule has 1 saturated heterocycles. The van der Waals surface area contributed by atoms with Crippen molar-refractivity contribution in [2.45, 2.75) is 38.7 Å². The van der Waals surface area contributed by atoms with Gasteiger partial charge in [-0.1, -0.05) is 18.2 Å². The van der Waals surface area contributed by atoms with Crippen LogP contribution in [0.15, 0.2) is 18.2 Å². The SMILES string of the molecule is Cc1cccc(C)c1CC1(O)CCCN(C)C1. The molecule has 0 saturated carbocycles. The molecule has 1 aromatic rings. The number of aliphatic hydroxyl groups is 1. The lowest BCUT2D eigenvalue weighted by Crippen LogP contribution is -2.48. The van der Waals surface area contributed by atoms with Crippen LogP contribution in [0.3, 0.4) is 0 Å². The maximum absolute atomic E-state index is 10.7. The van der Waals surface area contributed by atoms with Crippen molar-refractivity contribution < 1.29 is 5.11 Å². The molecule has 2 heteroatoms. The van der Waals surface area contributed by atoms with Gasteiger partial charge in [0.15, 0.2) is 0 Å². The molecule has 0 aliphatic carbocycles. The molecule has 1 aliphatic heterocycles. The lowest BCUT2D eigenvalue weighted by molar-refractivity contribution is -0.0226. The first-order valence-electron chi connectivity index (χ1n) is 6.46. The Labute approximate surface area is 104 Å². The summed E-state index contributed by atoms with van der Waals surface area (Å²) >= 11 is 0. The van der Waals surface area contributed by atoms with Crippen molar-refractivity contribution in [2.24, 2.45) is 0 Å². The van der Waals surface area contributed by atoms with Crippen LogP contribution >= 0.6 is 0 Å². The fourth-order valence-corrected chi connectivity index (χ4v) is 2.94. The number of hydrogen-bond donors (Lipinski definition) is 1. The Morgan fingerprint density at radius 2 is 1.94 bits per heavy atom. The van der Waals surface area contributed by atoms with Gasteiger partial charge in [-0.05, 0) is 57.0 Å². The largest absolute Gasteiger partial charge is 0.388 e. The number of piperidine rings is 1. The number of likely N-dealkylation sites (tertiary alicyclic amines) is 1. The standard InChI is InChI=1S/C15H23NO/c1-12-6-4-7-13(2)14(12)10-15(17)8-5-9-16(3)11-15/h4,6-7,17H,5,8-11H2,1-3H3. The van der Waals surface area contributed by atoms with E-state index in [1.165, 1.54) is 16.7 Å². The fourth-order valence-electron chi connectivity index (χ4n) is 2.94. The summed E-state index contributed by atoms with van der Waals surface area (Å²) in [6.45, 7) is 6.17. The van der Waals surface area contributed by atoms with Gasteiger partial charge in [-0.15, -0.1) is 0 Å². The highest BCUT2D eigenvalue weighted by atomic mass is 16.3. The van der Waals surface area contributed by atoms with Gasteiger partial charge in [0.1, 0.15) is 0 Å². The lowest BCUT2D eigenvalue weighted by Gasteiger charge is -2.38. The zero-order valence-electron chi connectivity index (χ0n) is 11.2. The monoisotopic (exact) mass is 233 g/mol. The van der Waals surface area contributed by atoms with E-state index in [1.54, 1.807) is 0 Å². The van der Waals surface area contributed by atoms with Crippen molar-refractivity contribution in [1.82, 2.24) is 4.90 Å². The summed E-state index contributed by atoms with van der Waals surface area (Å²) in [6.07, 6.45) is 2.80. The van der Waals surface area contributed by atoms with Crippen molar-refractivity contribution in [3.63, 3.8) is 0 Å². The highest BCUT2D eigenvalue weighted by Gasteiger charge is 2.32. The summed E-state index contributed by atoms with van der Waals surface area (Å²) in [4.78, 5) is 2.23. The Hall–Kier alpha value is -0.860. The second kappa shape index (κ2) is 4.79. The molecule has 0 radical (unpaired) electrons. The summed E-state index contributed by atoms with van der Waals surface area (Å²) in [5, 5.41) is 10.7. The van der Waals surface area contributed by atoms with E-state index in [2.05, 4.69) is 44.0 Å². The average Bonchev–Trinajstić information content (AvgIpc) is 2.23. The summed E-state index contributed by atoms with van der Waals surface area (Å²) < 4.78 is 0. The van der Waals surface area contributed by atoms with E-state index in [0.717, 1.165) is 32.4 Å². The van der Waals surface area contributed by atoms with Gasteiger partial charge in [0.25, 0.3) is 0 Å². The molecule has 2 nitrogen and oxygen atoms in total. The number of hydrogen-bond acceptors (Lipinski definition) is 2. The molecular formula is C15H23NO. The number of benzene rings is 1. The van der Waals surface area contributed by atoms with E-state index in [1.807, 2.05) is 0 Å². The molecule has 1 fully saturated rings. The molecular weight excluding hydrogens is 210 g/mol. The maximum Gasteiger partial charge on any atom is 0.0814 e. The predicted octanol–water partition coefficient (Wildman–Crippen LogP) is 2.30. The Morgan fingerprint density at radius 3 is 2.53 bits per heavy atom. The van der Waals surface area contributed by atoms with Crippen LogP contribution in [0.5, 0.6) is 0 Å². The van der Waals surface area contributed by atoms with Crippen LogP contribution < -0.4 is 0 Å². The third-order valence-corrected chi connectivity index (χ3v) is 3.90. The van der Waals surface area contributed by atoms with E-state index in [-0.39, 0.29) is 0 Å². The van der Waals surface area contributed by atoms with Gasteiger partial charge >= 0.3 is 0 Å². The normalized spacial score (nSPS) is 26.1. The van der Waals surface area contributed by atoms with Gasteiger partial charge in [0.05, 0.1) is 5.60 Å². The minimum atomic E-state index is -0.538. The number of β-amino-alcohol motifs (C(OH)–C–C–N with tert-alkyl or cyclic N) is 1. The van der Waals surface area contributed by atoms with Crippen LogP contribution in [0.25, 0.3) is 0 Å². The van der Waals surface area contributed by atoms with Crippen LogP contribution in [0, 0.1) is 13.8 Å². The predicted molar refractivity (Wildman–Crippen MR) is 71.3 cm³/mol. The smallest absolute Gasteiger partial charge is 0.0814 e. The zero-order valence-corrected chi connectivity index (χ0v) is 11.2. The van der Waals surface area contributed by atoms with Crippen LogP contribution in [-0.4, -0.2) is 35.7 Å². The third kappa shape index (κ3) is 2.88. The minimum Gasteiger partial charge on any atom is -0.388 e. The second-order valence-corrected chi connectivity index (χ2v) is 5.61. The molecule has 1 atom stereocenters. The summed E-state index contributed by atoms with van der Waals surface area (Å²) in [7, 11) is 2.09. The van der Waals surface area contributed by atoms with Gasteiger partial charge in [-0.2, -0.15) is 0 Å². The van der Waals surface area contributed by atoms with E-state index in [0.29, 0.717) is 0 Å². The number of rotatable bonds is 2. The van der Waals surface area contributed by atoms with Crippen LogP contribution in [-0.2, 0) is 6.42 Å². The van der Waals surface area contributed by atoms with Crippen LogP contribution in [0.2, 0.25) is 0 Å². The molecule has 1 heterocycles. The molecule has 94 valence electrons. The van der Waals surface area contributed by atoms with Crippen molar-refractivity contribution in [1.29, 1.82) is 0 Å². The van der Waals surface area contributed by atoms with Gasteiger partial charge in [-0.3, -0.25) is 0 Å². The molecule has 1 N–H and O–H groups in total. The minimum absolute atomic E-state index is 0.538. The molecule has 1 aromatic carbocycles. The first-order valence-corrected chi connectivity index (χ1v) is 6.46. The zero-order chi connectivity index (χ0) is 12.5. The molecule has 17 heavy (non-hydrogen) atoms.